The van der Waals surface area contributed by atoms with Crippen molar-refractivity contribution in [1.82, 2.24) is 15.4 Å². The van der Waals surface area contributed by atoms with Crippen molar-refractivity contribution < 1.29 is 27.2 Å². The molecule has 1 aliphatic carbocycles. The number of sulfonamides is 1. The molecule has 42 heavy (non-hydrogen) atoms. The third kappa shape index (κ3) is 10.8. The van der Waals surface area contributed by atoms with Crippen molar-refractivity contribution in [3.8, 4) is 5.75 Å². The van der Waals surface area contributed by atoms with E-state index in [2.05, 4.69) is 43.1 Å². The Hall–Kier alpha value is -2.82. The number of methoxy groups -OCH3 is 1. The highest BCUT2D eigenvalue weighted by atomic mass is 35.5. The number of ether oxygens (including phenoxy) is 1. The van der Waals surface area contributed by atoms with Crippen LogP contribution in [0.5, 0.6) is 5.75 Å². The first-order valence-corrected chi connectivity index (χ1v) is 16.8. The van der Waals surface area contributed by atoms with E-state index in [-0.39, 0.29) is 16.8 Å². The van der Waals surface area contributed by atoms with Crippen LogP contribution in [0.1, 0.15) is 75.7 Å². The second-order valence-electron chi connectivity index (χ2n) is 10.5. The summed E-state index contributed by atoms with van der Waals surface area (Å²) in [6.07, 6.45) is 5.43. The maximum Gasteiger partial charge on any atom is 0.328 e. The average molecular weight is 624 g/mol. The van der Waals surface area contributed by atoms with Crippen molar-refractivity contribution in [3.05, 3.63) is 58.6 Å². The SMILES string of the molecule is CC[N+](CC)(CC)CC.COc1ccc(Cl)cc1C(=O)NCCc1ccc(S(=O)(=O)NC(=O)NC2CCCCC2)cc1. The van der Waals surface area contributed by atoms with E-state index in [1.807, 2.05) is 0 Å². The van der Waals surface area contributed by atoms with Gasteiger partial charge >= 0.3 is 6.03 Å². The Kier molecular flexibility index (Phi) is 14.6. The zero-order valence-electron chi connectivity index (χ0n) is 25.7. The molecule has 1 fully saturated rings. The molecule has 1 aliphatic rings. The molecule has 2 aromatic carbocycles. The molecule has 3 amide bonds. The molecule has 0 spiro atoms. The summed E-state index contributed by atoms with van der Waals surface area (Å²) in [7, 11) is -2.49. The standard InChI is InChI=1S/C23H28ClN3O5S.C8H20N/c1-32-21-12-9-17(24)15-20(21)22(28)25-14-13-16-7-10-19(11-8-16)33(30,31)27-23(29)26-18-5-3-2-4-6-18;1-5-9(6-2,7-3)8-4/h7-12,15,18H,2-6,13-14H2,1H3,(H,25,28)(H2,26,27,29);5-8H2,1-4H3/q;+1. The van der Waals surface area contributed by atoms with Gasteiger partial charge in [-0.05, 0) is 82.9 Å². The zero-order chi connectivity index (χ0) is 31.2. The number of carbonyl (C=O) groups excluding carboxylic acids is 2. The zero-order valence-corrected chi connectivity index (χ0v) is 27.2. The van der Waals surface area contributed by atoms with Crippen molar-refractivity contribution in [3.63, 3.8) is 0 Å². The van der Waals surface area contributed by atoms with Gasteiger partial charge in [0.15, 0.2) is 0 Å². The largest absolute Gasteiger partial charge is 0.496 e. The van der Waals surface area contributed by atoms with E-state index in [1.54, 1.807) is 24.3 Å². The summed E-state index contributed by atoms with van der Waals surface area (Å²) in [5, 5.41) is 5.96. The van der Waals surface area contributed by atoms with Crippen LogP contribution in [-0.4, -0.2) is 70.7 Å². The Morgan fingerprint density at radius 3 is 2.05 bits per heavy atom. The van der Waals surface area contributed by atoms with E-state index >= 15 is 0 Å². The number of amides is 3. The summed E-state index contributed by atoms with van der Waals surface area (Å²) in [4.78, 5) is 24.5. The van der Waals surface area contributed by atoms with Gasteiger partial charge in [0, 0.05) is 17.6 Å². The first-order valence-electron chi connectivity index (χ1n) is 14.9. The molecule has 9 nitrogen and oxygen atoms in total. The predicted molar refractivity (Wildman–Crippen MR) is 169 cm³/mol. The van der Waals surface area contributed by atoms with Gasteiger partial charge in [-0.25, -0.2) is 17.9 Å². The van der Waals surface area contributed by atoms with E-state index in [0.29, 0.717) is 29.3 Å². The summed E-state index contributed by atoms with van der Waals surface area (Å²) in [5.41, 5.74) is 1.17. The Labute approximate surface area is 257 Å². The molecule has 3 N–H and O–H groups in total. The van der Waals surface area contributed by atoms with Crippen LogP contribution in [0, 0.1) is 0 Å². The van der Waals surface area contributed by atoms with Gasteiger partial charge in [-0.1, -0.05) is 43.0 Å². The molecule has 0 unspecified atom stereocenters. The Morgan fingerprint density at radius 1 is 0.929 bits per heavy atom. The fraction of sp³-hybridized carbons (Fsp3) is 0.548. The normalized spacial score (nSPS) is 13.9. The summed E-state index contributed by atoms with van der Waals surface area (Å²) in [6, 6.07) is 10.3. The highest BCUT2D eigenvalue weighted by Gasteiger charge is 2.21. The van der Waals surface area contributed by atoms with Crippen LogP contribution < -0.4 is 20.1 Å². The summed E-state index contributed by atoms with van der Waals surface area (Å²) in [5.74, 6) is 0.105. The van der Waals surface area contributed by atoms with Crippen molar-refractivity contribution in [2.24, 2.45) is 0 Å². The molecule has 1 saturated carbocycles. The lowest BCUT2D eigenvalue weighted by molar-refractivity contribution is -0.921. The summed E-state index contributed by atoms with van der Waals surface area (Å²) >= 11 is 5.96. The van der Waals surface area contributed by atoms with Crippen LogP contribution in [0.2, 0.25) is 5.02 Å². The van der Waals surface area contributed by atoms with Gasteiger partial charge in [-0.2, -0.15) is 0 Å². The minimum absolute atomic E-state index is 0.00209. The smallest absolute Gasteiger partial charge is 0.328 e. The third-order valence-corrected chi connectivity index (χ3v) is 9.77. The Bertz CT molecular complexity index is 1230. The number of quaternary nitrogens is 1. The Balaban J connectivity index is 0.000000592. The summed E-state index contributed by atoms with van der Waals surface area (Å²) < 4.78 is 33.5. The van der Waals surface area contributed by atoms with Gasteiger partial charge in [0.2, 0.25) is 0 Å². The van der Waals surface area contributed by atoms with Crippen LogP contribution in [0.4, 0.5) is 4.79 Å². The number of urea groups is 1. The molecule has 2 aromatic rings. The molecule has 0 aromatic heterocycles. The molecule has 0 bridgehead atoms. The molecule has 0 heterocycles. The van der Waals surface area contributed by atoms with Crippen molar-refractivity contribution in [1.29, 1.82) is 0 Å². The quantitative estimate of drug-likeness (QED) is 0.269. The van der Waals surface area contributed by atoms with Gasteiger partial charge in [0.25, 0.3) is 15.9 Å². The van der Waals surface area contributed by atoms with Gasteiger partial charge in [-0.3, -0.25) is 4.79 Å². The third-order valence-electron chi connectivity index (χ3n) is 8.19. The number of nitrogens with zero attached hydrogens (tertiary/aromatic N) is 1. The van der Waals surface area contributed by atoms with Crippen molar-refractivity contribution in [2.75, 3.05) is 39.8 Å². The number of rotatable bonds is 12. The maximum atomic E-state index is 12.5. The molecule has 0 saturated heterocycles. The highest BCUT2D eigenvalue weighted by molar-refractivity contribution is 7.90. The number of halogens is 1. The summed E-state index contributed by atoms with van der Waals surface area (Å²) in [6.45, 7) is 14.6. The molecule has 0 aliphatic heterocycles. The van der Waals surface area contributed by atoms with Crippen LogP contribution in [0.15, 0.2) is 47.4 Å². The van der Waals surface area contributed by atoms with Crippen LogP contribution in [0.3, 0.4) is 0 Å². The molecule has 234 valence electrons. The van der Waals surface area contributed by atoms with E-state index in [9.17, 15) is 18.0 Å². The second kappa shape index (κ2) is 17.3. The van der Waals surface area contributed by atoms with E-state index in [0.717, 1.165) is 37.7 Å². The monoisotopic (exact) mass is 623 g/mol. The molecule has 11 heteroatoms. The fourth-order valence-corrected chi connectivity index (χ4v) is 6.18. The second-order valence-corrected chi connectivity index (χ2v) is 12.6. The van der Waals surface area contributed by atoms with Crippen LogP contribution in [0.25, 0.3) is 0 Å². The lowest BCUT2D eigenvalue weighted by Gasteiger charge is -2.34. The number of nitrogens with one attached hydrogen (secondary N) is 3. The van der Waals surface area contributed by atoms with Crippen LogP contribution >= 0.6 is 11.6 Å². The molecular weight excluding hydrogens is 576 g/mol. The van der Waals surface area contributed by atoms with Gasteiger partial charge < -0.3 is 19.9 Å². The molecular formula is C31H48ClN4O5S+. The van der Waals surface area contributed by atoms with Crippen molar-refractivity contribution >= 4 is 33.6 Å². The first kappa shape index (κ1) is 35.4. The lowest BCUT2D eigenvalue weighted by Crippen LogP contribution is -2.47. The van der Waals surface area contributed by atoms with E-state index in [4.69, 9.17) is 16.3 Å². The molecule has 3 rings (SSSR count). The molecule has 0 atom stereocenters. The fourth-order valence-electron chi connectivity index (χ4n) is 5.09. The number of benzene rings is 2. The Morgan fingerprint density at radius 2 is 1.52 bits per heavy atom. The van der Waals surface area contributed by atoms with Crippen LogP contribution in [-0.2, 0) is 16.4 Å². The van der Waals surface area contributed by atoms with Crippen molar-refractivity contribution in [2.45, 2.75) is 77.2 Å². The average Bonchev–Trinajstić information content (AvgIpc) is 2.99. The predicted octanol–water partition coefficient (Wildman–Crippen LogP) is 5.52. The maximum absolute atomic E-state index is 12.5. The topological polar surface area (TPSA) is 114 Å². The van der Waals surface area contributed by atoms with Gasteiger partial charge in [0.05, 0.1) is 43.7 Å². The van der Waals surface area contributed by atoms with Gasteiger partial charge in [-0.15, -0.1) is 0 Å². The minimum atomic E-state index is -3.97. The lowest BCUT2D eigenvalue weighted by atomic mass is 9.96. The number of hydrogen-bond donors (Lipinski definition) is 3. The minimum Gasteiger partial charge on any atom is -0.496 e. The van der Waals surface area contributed by atoms with Gasteiger partial charge in [0.1, 0.15) is 5.75 Å². The number of carbonyl (C=O) groups is 2. The number of hydrogen-bond acceptors (Lipinski definition) is 5. The first-order chi connectivity index (χ1) is 20.0. The van der Waals surface area contributed by atoms with E-state index < -0.39 is 16.1 Å². The van der Waals surface area contributed by atoms with E-state index in [1.165, 1.54) is 56.0 Å². The highest BCUT2D eigenvalue weighted by Crippen LogP contribution is 2.22. The molecule has 0 radical (unpaired) electrons.